The number of sulfonamides is 1. The van der Waals surface area contributed by atoms with Crippen molar-refractivity contribution in [1.29, 1.82) is 0 Å². The topological polar surface area (TPSA) is 75.6 Å². The summed E-state index contributed by atoms with van der Waals surface area (Å²) in [5.41, 5.74) is 0.488. The largest absolute Gasteiger partial charge is 0.392 e. The van der Waals surface area contributed by atoms with Gasteiger partial charge in [-0.15, -0.1) is 0 Å². The summed E-state index contributed by atoms with van der Waals surface area (Å²) in [5.74, 6) is 0. The average molecular weight is 308 g/mol. The Bertz CT molecular complexity index is 518. The van der Waals surface area contributed by atoms with Crippen LogP contribution in [0.4, 0.5) is 0 Å². The van der Waals surface area contributed by atoms with Crippen LogP contribution in [0, 0.1) is 0 Å². The summed E-state index contributed by atoms with van der Waals surface area (Å²) in [6.07, 6.45) is 0. The standard InChI is InChI=1S/C12H18ClNO4S/c1-3-18-8-9(2)14-19(16,17)12-6-10(7-15)4-5-11(12)13/h4-6,9,14-15H,3,7-8H2,1-2H3. The molecule has 5 nitrogen and oxygen atoms in total. The van der Waals surface area contributed by atoms with E-state index in [9.17, 15) is 8.42 Å². The van der Waals surface area contributed by atoms with Crippen molar-refractivity contribution >= 4 is 21.6 Å². The Morgan fingerprint density at radius 1 is 1.47 bits per heavy atom. The van der Waals surface area contributed by atoms with Crippen molar-refractivity contribution in [1.82, 2.24) is 4.72 Å². The van der Waals surface area contributed by atoms with Crippen molar-refractivity contribution < 1.29 is 18.3 Å². The Kier molecular flexibility index (Phi) is 6.22. The Balaban J connectivity index is 2.93. The molecule has 0 fully saturated rings. The third-order valence-electron chi connectivity index (χ3n) is 2.40. The van der Waals surface area contributed by atoms with Crippen LogP contribution in [0.2, 0.25) is 5.02 Å². The zero-order valence-electron chi connectivity index (χ0n) is 10.9. The summed E-state index contributed by atoms with van der Waals surface area (Å²) in [4.78, 5) is -0.0379. The fraction of sp³-hybridized carbons (Fsp3) is 0.500. The van der Waals surface area contributed by atoms with E-state index >= 15 is 0 Å². The maximum absolute atomic E-state index is 12.2. The van der Waals surface area contributed by atoms with E-state index in [1.807, 2.05) is 6.92 Å². The number of ether oxygens (including phenoxy) is 1. The van der Waals surface area contributed by atoms with E-state index < -0.39 is 10.0 Å². The first-order valence-electron chi connectivity index (χ1n) is 5.90. The van der Waals surface area contributed by atoms with Crippen molar-refractivity contribution in [3.63, 3.8) is 0 Å². The lowest BCUT2D eigenvalue weighted by Crippen LogP contribution is -2.36. The van der Waals surface area contributed by atoms with Crippen LogP contribution in [0.25, 0.3) is 0 Å². The molecule has 0 radical (unpaired) electrons. The summed E-state index contributed by atoms with van der Waals surface area (Å²) in [7, 11) is -3.73. The van der Waals surface area contributed by atoms with Gasteiger partial charge in [0.2, 0.25) is 10.0 Å². The first kappa shape index (κ1) is 16.4. The first-order valence-corrected chi connectivity index (χ1v) is 7.76. The summed E-state index contributed by atoms with van der Waals surface area (Å²) in [6, 6.07) is 4.02. The van der Waals surface area contributed by atoms with Gasteiger partial charge >= 0.3 is 0 Å². The Morgan fingerprint density at radius 2 is 2.16 bits per heavy atom. The van der Waals surface area contributed by atoms with Crippen molar-refractivity contribution in [3.05, 3.63) is 28.8 Å². The van der Waals surface area contributed by atoms with E-state index in [0.29, 0.717) is 12.2 Å². The third-order valence-corrected chi connectivity index (χ3v) is 4.47. The molecule has 108 valence electrons. The van der Waals surface area contributed by atoms with E-state index in [1.54, 1.807) is 13.0 Å². The van der Waals surface area contributed by atoms with Gasteiger partial charge in [0.25, 0.3) is 0 Å². The molecule has 1 aromatic rings. The highest BCUT2D eigenvalue weighted by atomic mass is 35.5. The Morgan fingerprint density at radius 3 is 2.74 bits per heavy atom. The normalized spacial score (nSPS) is 13.5. The van der Waals surface area contributed by atoms with Gasteiger partial charge in [0.15, 0.2) is 0 Å². The molecule has 0 bridgehead atoms. The number of rotatable bonds is 7. The number of benzene rings is 1. The zero-order chi connectivity index (χ0) is 14.5. The molecule has 1 unspecified atom stereocenters. The first-order chi connectivity index (χ1) is 8.90. The molecule has 7 heteroatoms. The molecule has 0 saturated carbocycles. The summed E-state index contributed by atoms with van der Waals surface area (Å²) < 4.78 is 32.0. The quantitative estimate of drug-likeness (QED) is 0.801. The van der Waals surface area contributed by atoms with Crippen LogP contribution < -0.4 is 4.72 Å². The van der Waals surface area contributed by atoms with Crippen LogP contribution in [0.3, 0.4) is 0 Å². The van der Waals surface area contributed by atoms with Crippen molar-refractivity contribution in [3.8, 4) is 0 Å². The average Bonchev–Trinajstić information content (AvgIpc) is 2.36. The fourth-order valence-corrected chi connectivity index (χ4v) is 3.29. The molecule has 1 aromatic carbocycles. The van der Waals surface area contributed by atoms with Crippen LogP contribution in [0.5, 0.6) is 0 Å². The number of aliphatic hydroxyl groups is 1. The molecule has 19 heavy (non-hydrogen) atoms. The lowest BCUT2D eigenvalue weighted by molar-refractivity contribution is 0.133. The Labute approximate surface area is 118 Å². The molecule has 0 aliphatic heterocycles. The molecule has 1 rings (SSSR count). The number of hydrogen-bond donors (Lipinski definition) is 2. The minimum Gasteiger partial charge on any atom is -0.392 e. The lowest BCUT2D eigenvalue weighted by atomic mass is 10.2. The number of aliphatic hydroxyl groups excluding tert-OH is 1. The van der Waals surface area contributed by atoms with Gasteiger partial charge in [0.1, 0.15) is 4.90 Å². The molecule has 0 amide bonds. The predicted molar refractivity (Wildman–Crippen MR) is 73.7 cm³/mol. The highest BCUT2D eigenvalue weighted by Crippen LogP contribution is 2.22. The smallest absolute Gasteiger partial charge is 0.242 e. The van der Waals surface area contributed by atoms with Gasteiger partial charge in [0, 0.05) is 12.6 Å². The summed E-state index contributed by atoms with van der Waals surface area (Å²) in [5, 5.41) is 9.16. The van der Waals surface area contributed by atoms with Gasteiger partial charge in [-0.3, -0.25) is 0 Å². The molecule has 0 saturated heterocycles. The van der Waals surface area contributed by atoms with E-state index in [1.165, 1.54) is 12.1 Å². The fourth-order valence-electron chi connectivity index (χ4n) is 1.51. The Hall–Kier alpha value is -0.660. The molecular weight excluding hydrogens is 290 g/mol. The molecule has 0 aliphatic carbocycles. The van der Waals surface area contributed by atoms with Gasteiger partial charge in [-0.2, -0.15) is 0 Å². The predicted octanol–water partition coefficient (Wildman–Crippen LogP) is 1.54. The highest BCUT2D eigenvalue weighted by molar-refractivity contribution is 7.89. The van der Waals surface area contributed by atoms with Gasteiger partial charge in [-0.25, -0.2) is 13.1 Å². The van der Waals surface area contributed by atoms with Gasteiger partial charge in [-0.05, 0) is 31.5 Å². The van der Waals surface area contributed by atoms with Crippen molar-refractivity contribution in [2.24, 2.45) is 0 Å². The maximum atomic E-state index is 12.2. The molecule has 0 heterocycles. The molecular formula is C12H18ClNO4S. The second-order valence-corrected chi connectivity index (χ2v) is 6.19. The van der Waals surface area contributed by atoms with E-state index in [4.69, 9.17) is 21.4 Å². The molecule has 0 aliphatic rings. The number of halogens is 1. The van der Waals surface area contributed by atoms with Crippen molar-refractivity contribution in [2.45, 2.75) is 31.4 Å². The minimum atomic E-state index is -3.73. The van der Waals surface area contributed by atoms with Gasteiger partial charge in [0.05, 0.1) is 18.2 Å². The SMILES string of the molecule is CCOCC(C)NS(=O)(=O)c1cc(CO)ccc1Cl. The van der Waals surface area contributed by atoms with Crippen LogP contribution >= 0.6 is 11.6 Å². The second kappa shape index (κ2) is 7.21. The molecule has 2 N–H and O–H groups in total. The van der Waals surface area contributed by atoms with E-state index in [-0.39, 0.29) is 29.2 Å². The zero-order valence-corrected chi connectivity index (χ0v) is 12.5. The molecule has 0 spiro atoms. The summed E-state index contributed by atoms with van der Waals surface area (Å²) >= 11 is 5.89. The van der Waals surface area contributed by atoms with E-state index in [2.05, 4.69) is 4.72 Å². The molecule has 1 atom stereocenters. The third kappa shape index (κ3) is 4.74. The molecule has 0 aromatic heterocycles. The lowest BCUT2D eigenvalue weighted by Gasteiger charge is -2.15. The number of nitrogens with one attached hydrogen (secondary N) is 1. The second-order valence-electron chi connectivity index (χ2n) is 4.10. The maximum Gasteiger partial charge on any atom is 0.242 e. The summed E-state index contributed by atoms with van der Waals surface area (Å²) in [6.45, 7) is 4.11. The van der Waals surface area contributed by atoms with Crippen LogP contribution in [-0.4, -0.2) is 32.8 Å². The van der Waals surface area contributed by atoms with Gasteiger partial charge in [-0.1, -0.05) is 17.7 Å². The van der Waals surface area contributed by atoms with Gasteiger partial charge < -0.3 is 9.84 Å². The minimum absolute atomic E-state index is 0.0379. The van der Waals surface area contributed by atoms with Crippen LogP contribution in [-0.2, 0) is 21.4 Å². The van der Waals surface area contributed by atoms with Crippen LogP contribution in [0.1, 0.15) is 19.4 Å². The monoisotopic (exact) mass is 307 g/mol. The van der Waals surface area contributed by atoms with Crippen molar-refractivity contribution in [2.75, 3.05) is 13.2 Å². The highest BCUT2D eigenvalue weighted by Gasteiger charge is 2.20. The number of hydrogen-bond acceptors (Lipinski definition) is 4. The van der Waals surface area contributed by atoms with Crippen LogP contribution in [0.15, 0.2) is 23.1 Å². The van der Waals surface area contributed by atoms with E-state index in [0.717, 1.165) is 0 Å².